The number of imidazole rings is 1. The Morgan fingerprint density at radius 2 is 2.33 bits per heavy atom. The number of carbonyl (C=O) groups excluding carboxylic acids is 1. The summed E-state index contributed by atoms with van der Waals surface area (Å²) >= 11 is 0. The number of urea groups is 1. The van der Waals surface area contributed by atoms with Crippen molar-refractivity contribution in [3.63, 3.8) is 0 Å². The van der Waals surface area contributed by atoms with Crippen LogP contribution >= 0.6 is 0 Å². The molecule has 4 N–H and O–H groups in total. The van der Waals surface area contributed by atoms with Crippen molar-refractivity contribution in [2.75, 3.05) is 5.32 Å². The van der Waals surface area contributed by atoms with Crippen molar-refractivity contribution < 1.29 is 14.7 Å². The highest BCUT2D eigenvalue weighted by atomic mass is 16.4. The highest BCUT2D eigenvalue weighted by Gasteiger charge is 2.15. The van der Waals surface area contributed by atoms with Gasteiger partial charge < -0.3 is 20.7 Å². The van der Waals surface area contributed by atoms with Crippen molar-refractivity contribution in [3.05, 3.63) is 30.6 Å². The second-order valence-corrected chi connectivity index (χ2v) is 4.35. The Morgan fingerprint density at radius 1 is 1.52 bits per heavy atom. The number of amides is 2. The summed E-state index contributed by atoms with van der Waals surface area (Å²) in [6.45, 7) is 1.67. The summed E-state index contributed by atoms with van der Waals surface area (Å²) in [6, 6.07) is -0.637. The van der Waals surface area contributed by atoms with E-state index in [-0.39, 0.29) is 12.6 Å². The van der Waals surface area contributed by atoms with Gasteiger partial charge >= 0.3 is 12.0 Å². The van der Waals surface area contributed by atoms with E-state index in [2.05, 4.69) is 25.7 Å². The van der Waals surface area contributed by atoms with E-state index in [0.29, 0.717) is 17.9 Å². The molecule has 2 rings (SSSR count). The third-order valence-electron chi connectivity index (χ3n) is 2.75. The van der Waals surface area contributed by atoms with E-state index in [1.54, 1.807) is 12.4 Å². The number of carboxylic acids is 1. The molecule has 9 nitrogen and oxygen atoms in total. The number of aromatic amines is 1. The molecule has 0 aliphatic carbocycles. The maximum absolute atomic E-state index is 11.9. The Labute approximate surface area is 120 Å². The normalized spacial score (nSPS) is 11.9. The van der Waals surface area contributed by atoms with Gasteiger partial charge in [-0.15, -0.1) is 0 Å². The number of H-pyrrole nitrogens is 1. The van der Waals surface area contributed by atoms with Crippen LogP contribution in [0.15, 0.2) is 24.8 Å². The van der Waals surface area contributed by atoms with E-state index >= 15 is 0 Å². The Kier molecular flexibility index (Phi) is 4.54. The van der Waals surface area contributed by atoms with E-state index in [1.165, 1.54) is 17.1 Å². The summed E-state index contributed by atoms with van der Waals surface area (Å²) in [6.07, 6.45) is 6.82. The lowest BCUT2D eigenvalue weighted by Crippen LogP contribution is -2.32. The smallest absolute Gasteiger partial charge is 0.325 e. The van der Waals surface area contributed by atoms with Crippen molar-refractivity contribution >= 4 is 17.7 Å². The van der Waals surface area contributed by atoms with Crippen molar-refractivity contribution in [1.82, 2.24) is 25.1 Å². The molecule has 21 heavy (non-hydrogen) atoms. The van der Waals surface area contributed by atoms with Gasteiger partial charge in [0, 0.05) is 18.6 Å². The van der Waals surface area contributed by atoms with Crippen LogP contribution in [0.3, 0.4) is 0 Å². The molecule has 0 saturated heterocycles. The van der Waals surface area contributed by atoms with Crippen molar-refractivity contribution in [3.8, 4) is 0 Å². The average Bonchev–Trinajstić information content (AvgIpc) is 3.07. The van der Waals surface area contributed by atoms with Crippen molar-refractivity contribution in [2.45, 2.75) is 25.9 Å². The van der Waals surface area contributed by atoms with Crippen LogP contribution in [0.1, 0.15) is 25.2 Å². The summed E-state index contributed by atoms with van der Waals surface area (Å²) in [4.78, 5) is 29.5. The molecule has 1 unspecified atom stereocenters. The maximum Gasteiger partial charge on any atom is 0.325 e. The molecule has 0 aromatic carbocycles. The number of hydrogen-bond acceptors (Lipinski definition) is 4. The fraction of sp³-hybridized carbons (Fsp3) is 0.333. The van der Waals surface area contributed by atoms with Crippen LogP contribution in [0.25, 0.3) is 0 Å². The molecule has 1 atom stereocenters. The van der Waals surface area contributed by atoms with Gasteiger partial charge in [0.2, 0.25) is 0 Å². The van der Waals surface area contributed by atoms with Gasteiger partial charge in [0.05, 0.1) is 17.9 Å². The third kappa shape index (κ3) is 4.06. The van der Waals surface area contributed by atoms with Crippen LogP contribution < -0.4 is 10.6 Å². The van der Waals surface area contributed by atoms with Gasteiger partial charge in [-0.25, -0.2) is 9.78 Å². The Morgan fingerprint density at radius 3 is 2.95 bits per heavy atom. The van der Waals surface area contributed by atoms with Crippen LogP contribution in [-0.4, -0.2) is 36.9 Å². The monoisotopic (exact) mass is 292 g/mol. The molecular weight excluding hydrogens is 276 g/mol. The quantitative estimate of drug-likeness (QED) is 0.631. The number of carboxylic acid groups (broad SMARTS) is 1. The van der Waals surface area contributed by atoms with Gasteiger partial charge in [0.1, 0.15) is 12.4 Å². The molecule has 0 spiro atoms. The molecule has 2 heterocycles. The molecule has 0 aliphatic heterocycles. The second kappa shape index (κ2) is 6.55. The van der Waals surface area contributed by atoms with Gasteiger partial charge in [-0.1, -0.05) is 6.92 Å². The molecule has 0 saturated carbocycles. The highest BCUT2D eigenvalue weighted by molar-refractivity contribution is 5.89. The van der Waals surface area contributed by atoms with Crippen molar-refractivity contribution in [1.29, 1.82) is 0 Å². The molecule has 0 aliphatic rings. The first-order chi connectivity index (χ1) is 10.1. The average molecular weight is 292 g/mol. The van der Waals surface area contributed by atoms with E-state index < -0.39 is 12.0 Å². The molecule has 0 fully saturated rings. The number of nitrogens with one attached hydrogen (secondary N) is 3. The fourth-order valence-electron chi connectivity index (χ4n) is 1.81. The number of hydrogen-bond donors (Lipinski definition) is 4. The predicted octanol–water partition coefficient (Wildman–Crippen LogP) is 0.964. The standard InChI is InChI=1S/C12H16N6O3/c1-2-9(11-13-3-4-14-11)17-12(21)16-8-5-15-18(6-8)7-10(19)20/h3-6,9H,2,7H2,1H3,(H,13,14)(H,19,20)(H2,16,17,21). The zero-order valence-electron chi connectivity index (χ0n) is 11.4. The summed E-state index contributed by atoms with van der Waals surface area (Å²) in [5, 5.41) is 17.8. The first-order valence-electron chi connectivity index (χ1n) is 6.39. The summed E-state index contributed by atoms with van der Waals surface area (Å²) < 4.78 is 1.22. The molecule has 112 valence electrons. The SMILES string of the molecule is CCC(NC(=O)Nc1cnn(CC(=O)O)c1)c1ncc[nH]1. The number of anilines is 1. The van der Waals surface area contributed by atoms with Gasteiger partial charge in [-0.3, -0.25) is 9.48 Å². The van der Waals surface area contributed by atoms with Crippen LogP contribution in [0.4, 0.5) is 10.5 Å². The lowest BCUT2D eigenvalue weighted by Gasteiger charge is -2.14. The lowest BCUT2D eigenvalue weighted by atomic mass is 10.2. The lowest BCUT2D eigenvalue weighted by molar-refractivity contribution is -0.137. The molecule has 2 amide bonds. The number of aliphatic carboxylic acids is 1. The van der Waals surface area contributed by atoms with Gasteiger partial charge in [-0.2, -0.15) is 5.10 Å². The largest absolute Gasteiger partial charge is 0.480 e. The van der Waals surface area contributed by atoms with Crippen LogP contribution in [0, 0.1) is 0 Å². The Hall–Kier alpha value is -2.84. The summed E-state index contributed by atoms with van der Waals surface area (Å²) in [5.41, 5.74) is 0.419. The third-order valence-corrected chi connectivity index (χ3v) is 2.75. The van der Waals surface area contributed by atoms with Crippen LogP contribution in [-0.2, 0) is 11.3 Å². The number of carbonyl (C=O) groups is 2. The zero-order chi connectivity index (χ0) is 15.2. The topological polar surface area (TPSA) is 125 Å². The predicted molar refractivity (Wildman–Crippen MR) is 73.6 cm³/mol. The molecule has 9 heteroatoms. The fourth-order valence-corrected chi connectivity index (χ4v) is 1.81. The highest BCUT2D eigenvalue weighted by Crippen LogP contribution is 2.12. The number of aromatic nitrogens is 4. The van der Waals surface area contributed by atoms with Gasteiger partial charge in [-0.05, 0) is 6.42 Å². The van der Waals surface area contributed by atoms with Crippen LogP contribution in [0.5, 0.6) is 0 Å². The minimum atomic E-state index is -1.00. The number of rotatable bonds is 6. The molecule has 0 radical (unpaired) electrons. The Bertz CT molecular complexity index is 606. The molecule has 2 aromatic heterocycles. The van der Waals surface area contributed by atoms with E-state index in [9.17, 15) is 9.59 Å². The summed E-state index contributed by atoms with van der Waals surface area (Å²) in [5.74, 6) is -0.327. The van der Waals surface area contributed by atoms with E-state index in [1.807, 2.05) is 6.92 Å². The molecular formula is C12H16N6O3. The van der Waals surface area contributed by atoms with Gasteiger partial charge in [0.15, 0.2) is 0 Å². The minimum absolute atomic E-state index is 0.228. The molecule has 2 aromatic rings. The molecule has 0 bridgehead atoms. The van der Waals surface area contributed by atoms with E-state index in [0.717, 1.165) is 0 Å². The van der Waals surface area contributed by atoms with Gasteiger partial charge in [0.25, 0.3) is 0 Å². The Balaban J connectivity index is 1.92. The van der Waals surface area contributed by atoms with Crippen molar-refractivity contribution in [2.24, 2.45) is 0 Å². The second-order valence-electron chi connectivity index (χ2n) is 4.35. The minimum Gasteiger partial charge on any atom is -0.480 e. The van der Waals surface area contributed by atoms with Crippen LogP contribution in [0.2, 0.25) is 0 Å². The van der Waals surface area contributed by atoms with E-state index in [4.69, 9.17) is 5.11 Å². The summed E-state index contributed by atoms with van der Waals surface area (Å²) in [7, 11) is 0. The maximum atomic E-state index is 11.9. The first-order valence-corrected chi connectivity index (χ1v) is 6.39. The number of nitrogens with zero attached hydrogens (tertiary/aromatic N) is 3. The zero-order valence-corrected chi connectivity index (χ0v) is 11.4. The first kappa shape index (κ1) is 14.6.